The average Bonchev–Trinajstić information content (AvgIpc) is 3.07. The molecule has 128 valence electrons. The molecule has 7 heteroatoms. The first-order valence-electron chi connectivity index (χ1n) is 7.28. The number of amides is 1. The van der Waals surface area contributed by atoms with Crippen LogP contribution in [0.4, 0.5) is 4.79 Å². The zero-order chi connectivity index (χ0) is 17.7. The Morgan fingerprint density at radius 1 is 1.25 bits per heavy atom. The number of benzene rings is 1. The van der Waals surface area contributed by atoms with E-state index in [1.807, 2.05) is 11.4 Å². The molecule has 0 spiro atoms. The van der Waals surface area contributed by atoms with Crippen molar-refractivity contribution < 1.29 is 24.2 Å². The monoisotopic (exact) mass is 349 g/mol. The number of carboxylic acid groups (broad SMARTS) is 1. The highest BCUT2D eigenvalue weighted by Crippen LogP contribution is 2.32. The van der Waals surface area contributed by atoms with Crippen molar-refractivity contribution in [3.63, 3.8) is 0 Å². The third kappa shape index (κ3) is 4.05. The lowest BCUT2D eigenvalue weighted by Gasteiger charge is -2.17. The van der Waals surface area contributed by atoms with Gasteiger partial charge in [0.2, 0.25) is 5.78 Å². The van der Waals surface area contributed by atoms with Crippen molar-refractivity contribution in [3.8, 4) is 11.5 Å². The Bertz CT molecular complexity index is 727. The van der Waals surface area contributed by atoms with E-state index in [0.717, 1.165) is 5.56 Å². The molecule has 2 N–H and O–H groups in total. The third-order valence-corrected chi connectivity index (χ3v) is 4.36. The van der Waals surface area contributed by atoms with E-state index in [1.165, 1.54) is 25.6 Å². The van der Waals surface area contributed by atoms with Gasteiger partial charge in [0.15, 0.2) is 0 Å². The van der Waals surface area contributed by atoms with Gasteiger partial charge in [0, 0.05) is 6.04 Å². The molecule has 0 aliphatic carbocycles. The molecule has 1 unspecified atom stereocenters. The van der Waals surface area contributed by atoms with E-state index in [1.54, 1.807) is 25.1 Å². The largest absolute Gasteiger partial charge is 0.496 e. The molecule has 1 aromatic carbocycles. The van der Waals surface area contributed by atoms with E-state index >= 15 is 0 Å². The molecule has 0 saturated carbocycles. The maximum Gasteiger partial charge on any atom is 0.404 e. The number of thiophene rings is 1. The molecule has 1 heterocycles. The van der Waals surface area contributed by atoms with Crippen LogP contribution >= 0.6 is 11.3 Å². The molecule has 0 aliphatic rings. The molecule has 24 heavy (non-hydrogen) atoms. The topological polar surface area (TPSA) is 84.9 Å². The minimum absolute atomic E-state index is 0.136. The highest BCUT2D eigenvalue weighted by Gasteiger charge is 2.20. The van der Waals surface area contributed by atoms with Crippen LogP contribution in [0.3, 0.4) is 0 Å². The summed E-state index contributed by atoms with van der Waals surface area (Å²) in [6.45, 7) is 1.75. The molecule has 2 rings (SSSR count). The van der Waals surface area contributed by atoms with Gasteiger partial charge in [0.05, 0.1) is 24.7 Å². The zero-order valence-corrected chi connectivity index (χ0v) is 14.5. The molecule has 0 saturated heterocycles. The van der Waals surface area contributed by atoms with Crippen LogP contribution < -0.4 is 14.8 Å². The van der Waals surface area contributed by atoms with Crippen LogP contribution in [0.2, 0.25) is 0 Å². The summed E-state index contributed by atoms with van der Waals surface area (Å²) in [5.74, 6) is 0.824. The fraction of sp³-hybridized carbons (Fsp3) is 0.294. The molecular weight excluding hydrogens is 330 g/mol. The van der Waals surface area contributed by atoms with Crippen molar-refractivity contribution >= 4 is 23.2 Å². The van der Waals surface area contributed by atoms with E-state index in [2.05, 4.69) is 5.32 Å². The van der Waals surface area contributed by atoms with Gasteiger partial charge in [0.1, 0.15) is 11.5 Å². The van der Waals surface area contributed by atoms with Gasteiger partial charge < -0.3 is 19.9 Å². The van der Waals surface area contributed by atoms with Crippen molar-refractivity contribution in [2.75, 3.05) is 14.2 Å². The van der Waals surface area contributed by atoms with Crippen LogP contribution in [-0.4, -0.2) is 37.2 Å². The van der Waals surface area contributed by atoms with Crippen LogP contribution in [0.15, 0.2) is 29.6 Å². The van der Waals surface area contributed by atoms with Gasteiger partial charge in [-0.3, -0.25) is 4.79 Å². The van der Waals surface area contributed by atoms with E-state index in [9.17, 15) is 9.59 Å². The van der Waals surface area contributed by atoms with E-state index in [4.69, 9.17) is 14.6 Å². The van der Waals surface area contributed by atoms with Gasteiger partial charge in [-0.15, -0.1) is 11.3 Å². The van der Waals surface area contributed by atoms with Crippen molar-refractivity contribution in [2.45, 2.75) is 19.4 Å². The van der Waals surface area contributed by atoms with Gasteiger partial charge >= 0.3 is 6.09 Å². The Morgan fingerprint density at radius 2 is 1.96 bits per heavy atom. The number of rotatable bonds is 7. The Kier molecular flexibility index (Phi) is 5.81. The highest BCUT2D eigenvalue weighted by molar-refractivity contribution is 7.12. The van der Waals surface area contributed by atoms with Crippen LogP contribution in [0.25, 0.3) is 0 Å². The minimum Gasteiger partial charge on any atom is -0.496 e. The van der Waals surface area contributed by atoms with E-state index in [-0.39, 0.29) is 11.8 Å². The number of ketones is 1. The fourth-order valence-electron chi connectivity index (χ4n) is 2.43. The number of hydrogen-bond donors (Lipinski definition) is 2. The SMILES string of the molecule is COc1cc(C(=O)c2cccs2)c(OC)cc1CC(C)NC(=O)O. The normalized spacial score (nSPS) is 11.6. The van der Waals surface area contributed by atoms with Crippen LogP contribution in [0.1, 0.15) is 27.7 Å². The molecule has 0 radical (unpaired) electrons. The van der Waals surface area contributed by atoms with Gasteiger partial charge in [-0.25, -0.2) is 4.79 Å². The van der Waals surface area contributed by atoms with Crippen LogP contribution in [-0.2, 0) is 6.42 Å². The summed E-state index contributed by atoms with van der Waals surface area (Å²) in [6, 6.07) is 6.63. The quantitative estimate of drug-likeness (QED) is 0.750. The smallest absolute Gasteiger partial charge is 0.404 e. The average molecular weight is 349 g/mol. The molecule has 6 nitrogen and oxygen atoms in total. The second-order valence-electron chi connectivity index (χ2n) is 5.23. The maximum atomic E-state index is 12.6. The third-order valence-electron chi connectivity index (χ3n) is 3.49. The standard InChI is InChI=1S/C17H19NO5S/c1-10(18-17(20)21)7-11-8-14(23-3)12(9-13(11)22-2)16(19)15-5-4-6-24-15/h4-6,8-10,18H,7H2,1-3H3,(H,20,21). The molecule has 0 bridgehead atoms. The summed E-state index contributed by atoms with van der Waals surface area (Å²) >= 11 is 1.36. The number of ether oxygens (including phenoxy) is 2. The van der Waals surface area contributed by atoms with Crippen molar-refractivity contribution in [1.82, 2.24) is 5.32 Å². The predicted molar refractivity (Wildman–Crippen MR) is 91.6 cm³/mol. The van der Waals surface area contributed by atoms with E-state index in [0.29, 0.717) is 28.4 Å². The lowest BCUT2D eigenvalue weighted by atomic mass is 10.00. The number of carbonyl (C=O) groups excluding carboxylic acids is 1. The number of hydrogen-bond acceptors (Lipinski definition) is 5. The Labute approximate surface area is 144 Å². The highest BCUT2D eigenvalue weighted by atomic mass is 32.1. The van der Waals surface area contributed by atoms with Gasteiger partial charge in [-0.1, -0.05) is 6.07 Å². The second-order valence-corrected chi connectivity index (χ2v) is 6.17. The number of carbonyl (C=O) groups is 2. The minimum atomic E-state index is -1.09. The van der Waals surface area contributed by atoms with Gasteiger partial charge in [-0.2, -0.15) is 0 Å². The molecule has 0 fully saturated rings. The summed E-state index contributed by atoms with van der Waals surface area (Å²) < 4.78 is 10.7. The summed E-state index contributed by atoms with van der Waals surface area (Å²) in [7, 11) is 3.01. The van der Waals surface area contributed by atoms with Crippen molar-refractivity contribution in [3.05, 3.63) is 45.6 Å². The first-order valence-corrected chi connectivity index (χ1v) is 8.16. The van der Waals surface area contributed by atoms with E-state index < -0.39 is 6.09 Å². The maximum absolute atomic E-state index is 12.6. The first-order chi connectivity index (χ1) is 11.5. The summed E-state index contributed by atoms with van der Waals surface area (Å²) in [5.41, 5.74) is 1.18. The number of nitrogens with one attached hydrogen (secondary N) is 1. The van der Waals surface area contributed by atoms with Crippen molar-refractivity contribution in [1.29, 1.82) is 0 Å². The second kappa shape index (κ2) is 7.83. The zero-order valence-electron chi connectivity index (χ0n) is 13.7. The Morgan fingerprint density at radius 3 is 2.50 bits per heavy atom. The lowest BCUT2D eigenvalue weighted by Crippen LogP contribution is -2.32. The van der Waals surface area contributed by atoms with Gasteiger partial charge in [0.25, 0.3) is 0 Å². The first kappa shape index (κ1) is 17.8. The number of methoxy groups -OCH3 is 2. The molecule has 2 aromatic rings. The molecule has 1 amide bonds. The van der Waals surface area contributed by atoms with Crippen molar-refractivity contribution in [2.24, 2.45) is 0 Å². The summed E-state index contributed by atoms with van der Waals surface area (Å²) in [6.07, 6.45) is -0.669. The molecule has 1 atom stereocenters. The molecule has 1 aromatic heterocycles. The molecular formula is C17H19NO5S. The summed E-state index contributed by atoms with van der Waals surface area (Å²) in [5, 5.41) is 13.0. The predicted octanol–water partition coefficient (Wildman–Crippen LogP) is 3.19. The summed E-state index contributed by atoms with van der Waals surface area (Å²) in [4.78, 5) is 24.0. The molecule has 0 aliphatic heterocycles. The Hall–Kier alpha value is -2.54. The van der Waals surface area contributed by atoms with Gasteiger partial charge in [-0.05, 0) is 42.5 Å². The fourth-order valence-corrected chi connectivity index (χ4v) is 3.11. The van der Waals surface area contributed by atoms with Crippen LogP contribution in [0.5, 0.6) is 11.5 Å². The van der Waals surface area contributed by atoms with Crippen LogP contribution in [0, 0.1) is 0 Å². The lowest BCUT2D eigenvalue weighted by molar-refractivity contribution is 0.103. The Balaban J connectivity index is 2.38.